The summed E-state index contributed by atoms with van der Waals surface area (Å²) in [6.45, 7) is 7.74. The molecule has 0 bridgehead atoms. The van der Waals surface area contributed by atoms with Crippen LogP contribution >= 0.6 is 0 Å². The fraction of sp³-hybridized carbons (Fsp3) is 0.389. The summed E-state index contributed by atoms with van der Waals surface area (Å²) in [5.41, 5.74) is 0.629. The van der Waals surface area contributed by atoms with Crippen molar-refractivity contribution >= 4 is 17.4 Å². The monoisotopic (exact) mass is 361 g/mol. The minimum Gasteiger partial charge on any atom is -0.340 e. The molecular formula is C18H21F2N5O. The van der Waals surface area contributed by atoms with Gasteiger partial charge in [-0.15, -0.1) is 0 Å². The lowest BCUT2D eigenvalue weighted by Crippen LogP contribution is -2.48. The van der Waals surface area contributed by atoms with Gasteiger partial charge in [-0.2, -0.15) is 0 Å². The van der Waals surface area contributed by atoms with Crippen LogP contribution in [-0.2, 0) is 0 Å². The molecule has 1 saturated heterocycles. The molecule has 8 heteroatoms. The van der Waals surface area contributed by atoms with Gasteiger partial charge in [-0.05, 0) is 25.6 Å². The first kappa shape index (κ1) is 18.2. The van der Waals surface area contributed by atoms with E-state index in [0.717, 1.165) is 31.8 Å². The largest absolute Gasteiger partial charge is 0.340 e. The Bertz CT molecular complexity index is 806. The molecule has 0 aliphatic carbocycles. The van der Waals surface area contributed by atoms with Crippen LogP contribution in [0, 0.1) is 18.6 Å². The van der Waals surface area contributed by atoms with E-state index in [-0.39, 0.29) is 11.6 Å². The topological polar surface area (TPSA) is 61.4 Å². The van der Waals surface area contributed by atoms with Gasteiger partial charge in [-0.3, -0.25) is 4.79 Å². The number of hydrogen-bond acceptors (Lipinski definition) is 5. The molecule has 138 valence electrons. The zero-order chi connectivity index (χ0) is 18.7. The summed E-state index contributed by atoms with van der Waals surface area (Å²) in [4.78, 5) is 25.2. The van der Waals surface area contributed by atoms with E-state index in [2.05, 4.69) is 27.1 Å². The van der Waals surface area contributed by atoms with Gasteiger partial charge in [0.1, 0.15) is 17.3 Å². The number of aromatic nitrogens is 2. The summed E-state index contributed by atoms with van der Waals surface area (Å²) in [5, 5.41) is 2.89. The van der Waals surface area contributed by atoms with Crippen LogP contribution in [-0.4, -0.2) is 58.4 Å². The minimum atomic E-state index is -0.953. The summed E-state index contributed by atoms with van der Waals surface area (Å²) >= 11 is 0. The Morgan fingerprint density at radius 2 is 1.85 bits per heavy atom. The smallest absolute Gasteiger partial charge is 0.272 e. The van der Waals surface area contributed by atoms with Crippen molar-refractivity contribution in [1.29, 1.82) is 0 Å². The van der Waals surface area contributed by atoms with Gasteiger partial charge in [0.2, 0.25) is 0 Å². The molecule has 26 heavy (non-hydrogen) atoms. The van der Waals surface area contributed by atoms with E-state index in [1.165, 1.54) is 12.1 Å². The second-order valence-corrected chi connectivity index (χ2v) is 6.17. The maximum atomic E-state index is 13.4. The summed E-state index contributed by atoms with van der Waals surface area (Å²) in [6.07, 6.45) is 0. The van der Waals surface area contributed by atoms with Gasteiger partial charge in [0.25, 0.3) is 5.91 Å². The van der Waals surface area contributed by atoms with Gasteiger partial charge in [0.05, 0.1) is 0 Å². The SMILES string of the molecule is CCN1CCN(C(=O)c2cc(Nc3ccc(F)c(F)c3)nc(C)n2)CC1. The molecule has 1 fully saturated rings. The van der Waals surface area contributed by atoms with Crippen LogP contribution < -0.4 is 5.32 Å². The molecule has 3 rings (SSSR count). The molecule has 2 aromatic rings. The summed E-state index contributed by atoms with van der Waals surface area (Å²) in [7, 11) is 0. The van der Waals surface area contributed by atoms with Crippen LogP contribution in [0.15, 0.2) is 24.3 Å². The lowest BCUT2D eigenvalue weighted by atomic mass is 10.2. The maximum absolute atomic E-state index is 13.4. The highest BCUT2D eigenvalue weighted by atomic mass is 19.2. The number of benzene rings is 1. The first-order valence-corrected chi connectivity index (χ1v) is 8.55. The average molecular weight is 361 g/mol. The number of carbonyl (C=O) groups is 1. The number of nitrogens with one attached hydrogen (secondary N) is 1. The van der Waals surface area contributed by atoms with Crippen molar-refractivity contribution in [2.75, 3.05) is 38.0 Å². The molecular weight excluding hydrogens is 340 g/mol. The number of rotatable bonds is 4. The Labute approximate surface area is 150 Å². The molecule has 1 aliphatic heterocycles. The van der Waals surface area contributed by atoms with Crippen molar-refractivity contribution in [3.8, 4) is 0 Å². The van der Waals surface area contributed by atoms with E-state index in [9.17, 15) is 13.6 Å². The van der Waals surface area contributed by atoms with Crippen molar-refractivity contribution in [2.45, 2.75) is 13.8 Å². The van der Waals surface area contributed by atoms with Crippen molar-refractivity contribution in [1.82, 2.24) is 19.8 Å². The first-order valence-electron chi connectivity index (χ1n) is 8.55. The van der Waals surface area contributed by atoms with Crippen LogP contribution in [0.4, 0.5) is 20.3 Å². The Kier molecular flexibility index (Phi) is 5.41. The predicted octanol–water partition coefficient (Wildman–Crippen LogP) is 2.58. The molecule has 0 spiro atoms. The first-order chi connectivity index (χ1) is 12.5. The molecule has 1 N–H and O–H groups in total. The number of carbonyl (C=O) groups excluding carboxylic acids is 1. The molecule has 6 nitrogen and oxygen atoms in total. The van der Waals surface area contributed by atoms with Crippen molar-refractivity contribution < 1.29 is 13.6 Å². The predicted molar refractivity (Wildman–Crippen MR) is 94.4 cm³/mol. The second kappa shape index (κ2) is 7.74. The zero-order valence-electron chi connectivity index (χ0n) is 14.8. The Morgan fingerprint density at radius 3 is 2.50 bits per heavy atom. The highest BCUT2D eigenvalue weighted by molar-refractivity contribution is 5.93. The van der Waals surface area contributed by atoms with Crippen molar-refractivity contribution in [3.05, 3.63) is 47.4 Å². The average Bonchev–Trinajstić information content (AvgIpc) is 2.64. The normalized spacial score (nSPS) is 15.2. The molecule has 1 aromatic carbocycles. The van der Waals surface area contributed by atoms with Gasteiger partial charge in [-0.25, -0.2) is 18.7 Å². The highest BCUT2D eigenvalue weighted by Crippen LogP contribution is 2.19. The molecule has 0 unspecified atom stereocenters. The van der Waals surface area contributed by atoms with Crippen LogP contribution in [0.2, 0.25) is 0 Å². The fourth-order valence-electron chi connectivity index (χ4n) is 2.89. The number of aryl methyl sites for hydroxylation is 1. The molecule has 1 aliphatic rings. The summed E-state index contributed by atoms with van der Waals surface area (Å²) in [5.74, 6) is -1.24. The second-order valence-electron chi connectivity index (χ2n) is 6.17. The Morgan fingerprint density at radius 1 is 1.12 bits per heavy atom. The van der Waals surface area contributed by atoms with Crippen LogP contribution in [0.1, 0.15) is 23.2 Å². The van der Waals surface area contributed by atoms with Crippen LogP contribution in [0.25, 0.3) is 0 Å². The van der Waals surface area contributed by atoms with E-state index in [1.54, 1.807) is 11.8 Å². The lowest BCUT2D eigenvalue weighted by molar-refractivity contribution is 0.0637. The number of likely N-dealkylation sites (N-methyl/N-ethyl adjacent to an activating group) is 1. The number of anilines is 2. The van der Waals surface area contributed by atoms with E-state index in [0.29, 0.717) is 30.4 Å². The minimum absolute atomic E-state index is 0.153. The van der Waals surface area contributed by atoms with Crippen LogP contribution in [0.3, 0.4) is 0 Å². The zero-order valence-corrected chi connectivity index (χ0v) is 14.8. The van der Waals surface area contributed by atoms with E-state index in [1.807, 2.05) is 0 Å². The van der Waals surface area contributed by atoms with Gasteiger partial charge in [0.15, 0.2) is 11.6 Å². The summed E-state index contributed by atoms with van der Waals surface area (Å²) in [6, 6.07) is 5.01. The maximum Gasteiger partial charge on any atom is 0.272 e. The number of nitrogens with zero attached hydrogens (tertiary/aromatic N) is 4. The molecule has 0 saturated carbocycles. The Hall–Kier alpha value is -2.61. The highest BCUT2D eigenvalue weighted by Gasteiger charge is 2.23. The van der Waals surface area contributed by atoms with Gasteiger partial charge < -0.3 is 15.1 Å². The molecule has 1 aromatic heterocycles. The number of amides is 1. The summed E-state index contributed by atoms with van der Waals surface area (Å²) < 4.78 is 26.4. The molecule has 0 atom stereocenters. The van der Waals surface area contributed by atoms with Crippen molar-refractivity contribution in [2.24, 2.45) is 0 Å². The number of piperazine rings is 1. The number of hydrogen-bond donors (Lipinski definition) is 1. The Balaban J connectivity index is 1.76. The standard InChI is InChI=1S/C18H21F2N5O/c1-3-24-6-8-25(9-7-24)18(26)16-11-17(22-12(2)21-16)23-13-4-5-14(19)15(20)10-13/h4-5,10-11H,3,6-9H2,1-2H3,(H,21,22,23). The molecule has 0 radical (unpaired) electrons. The molecule has 2 heterocycles. The van der Waals surface area contributed by atoms with Gasteiger partial charge in [0, 0.05) is 44.0 Å². The fourth-order valence-corrected chi connectivity index (χ4v) is 2.89. The third-order valence-corrected chi connectivity index (χ3v) is 4.36. The van der Waals surface area contributed by atoms with E-state index in [4.69, 9.17) is 0 Å². The van der Waals surface area contributed by atoms with Gasteiger partial charge >= 0.3 is 0 Å². The number of halogens is 2. The van der Waals surface area contributed by atoms with Crippen molar-refractivity contribution in [3.63, 3.8) is 0 Å². The third-order valence-electron chi connectivity index (χ3n) is 4.36. The molecule has 1 amide bonds. The third kappa shape index (κ3) is 4.13. The quantitative estimate of drug-likeness (QED) is 0.907. The van der Waals surface area contributed by atoms with Crippen LogP contribution in [0.5, 0.6) is 0 Å². The van der Waals surface area contributed by atoms with E-state index < -0.39 is 11.6 Å². The lowest BCUT2D eigenvalue weighted by Gasteiger charge is -2.33. The van der Waals surface area contributed by atoms with E-state index >= 15 is 0 Å². The van der Waals surface area contributed by atoms with Gasteiger partial charge in [-0.1, -0.05) is 6.92 Å².